The van der Waals surface area contributed by atoms with Gasteiger partial charge in [0.15, 0.2) is 0 Å². The average molecular weight is 783 g/mol. The number of anilines is 6. The summed E-state index contributed by atoms with van der Waals surface area (Å²) >= 11 is 0. The van der Waals surface area contributed by atoms with E-state index in [2.05, 4.69) is 204 Å². The van der Waals surface area contributed by atoms with Crippen LogP contribution in [0, 0.1) is 11.8 Å². The molecular weight excluding hydrogens is 737 g/mol. The highest BCUT2D eigenvalue weighted by Gasteiger charge is 2.41. The third-order valence-corrected chi connectivity index (χ3v) is 14.7. The predicted molar refractivity (Wildman–Crippen MR) is 258 cm³/mol. The van der Waals surface area contributed by atoms with Gasteiger partial charge in [-0.3, -0.25) is 0 Å². The van der Waals surface area contributed by atoms with E-state index in [1.54, 1.807) is 5.56 Å². The highest BCUT2D eigenvalue weighted by atomic mass is 15.2. The molecule has 2 unspecified atom stereocenters. The minimum Gasteiger partial charge on any atom is -0.310 e. The van der Waals surface area contributed by atoms with Crippen molar-refractivity contribution in [2.45, 2.75) is 43.9 Å². The smallest absolute Gasteiger partial charge is 0.0543 e. The van der Waals surface area contributed by atoms with E-state index in [1.807, 2.05) is 0 Å². The molecular formula is C59H46N2. The maximum atomic E-state index is 2.62. The molecule has 292 valence electrons. The molecule has 10 aromatic rings. The van der Waals surface area contributed by atoms with Crippen molar-refractivity contribution in [2.75, 3.05) is 9.80 Å². The van der Waals surface area contributed by atoms with Crippen LogP contribution in [0.4, 0.5) is 34.1 Å². The molecule has 2 heteroatoms. The lowest BCUT2D eigenvalue weighted by Crippen LogP contribution is -2.29. The van der Waals surface area contributed by atoms with Gasteiger partial charge in [-0.05, 0) is 159 Å². The summed E-state index contributed by atoms with van der Waals surface area (Å²) in [6.07, 6.45) is 6.66. The van der Waals surface area contributed by atoms with Gasteiger partial charge >= 0.3 is 0 Å². The van der Waals surface area contributed by atoms with E-state index in [9.17, 15) is 0 Å². The molecule has 0 saturated heterocycles. The monoisotopic (exact) mass is 782 g/mol. The zero-order valence-corrected chi connectivity index (χ0v) is 34.2. The van der Waals surface area contributed by atoms with E-state index >= 15 is 0 Å². The fraction of sp³-hybridized carbons (Fsp3) is 0.153. The number of para-hydroxylation sites is 2. The van der Waals surface area contributed by atoms with Crippen LogP contribution in [0.15, 0.2) is 194 Å². The lowest BCUT2D eigenvalue weighted by molar-refractivity contribution is 0.153. The normalized spacial score (nSPS) is 19.1. The molecule has 0 N–H and O–H groups in total. The van der Waals surface area contributed by atoms with Crippen molar-refractivity contribution >= 4 is 77.2 Å². The van der Waals surface area contributed by atoms with Crippen molar-refractivity contribution in [1.82, 2.24) is 0 Å². The van der Waals surface area contributed by atoms with Gasteiger partial charge in [-0.2, -0.15) is 0 Å². The van der Waals surface area contributed by atoms with E-state index in [1.165, 1.54) is 115 Å². The molecule has 2 saturated carbocycles. The fourth-order valence-electron chi connectivity index (χ4n) is 12.3. The van der Waals surface area contributed by atoms with Crippen molar-refractivity contribution in [3.63, 3.8) is 0 Å². The van der Waals surface area contributed by atoms with Crippen molar-refractivity contribution in [2.24, 2.45) is 11.8 Å². The van der Waals surface area contributed by atoms with Crippen LogP contribution in [0.1, 0.15) is 55.1 Å². The first-order valence-electron chi connectivity index (χ1n) is 22.4. The molecule has 4 aliphatic rings. The maximum absolute atomic E-state index is 2.62. The summed E-state index contributed by atoms with van der Waals surface area (Å²) in [6.45, 7) is 0. The lowest BCUT2D eigenvalue weighted by Gasteiger charge is -2.42. The van der Waals surface area contributed by atoms with Crippen LogP contribution in [0.5, 0.6) is 0 Å². The van der Waals surface area contributed by atoms with E-state index in [0.717, 1.165) is 23.2 Å². The van der Waals surface area contributed by atoms with Gasteiger partial charge in [0.2, 0.25) is 0 Å². The molecule has 10 aromatic carbocycles. The predicted octanol–water partition coefficient (Wildman–Crippen LogP) is 16.7. The Morgan fingerprint density at radius 1 is 0.328 bits per heavy atom. The van der Waals surface area contributed by atoms with Gasteiger partial charge in [0.25, 0.3) is 0 Å². The molecule has 0 spiro atoms. The summed E-state index contributed by atoms with van der Waals surface area (Å²) in [5.74, 6) is 2.80. The quantitative estimate of drug-likeness (QED) is 0.155. The van der Waals surface area contributed by atoms with Crippen LogP contribution >= 0.6 is 0 Å². The van der Waals surface area contributed by atoms with Crippen molar-refractivity contribution in [1.29, 1.82) is 0 Å². The minimum atomic E-state index is 0.571. The number of benzene rings is 10. The first kappa shape index (κ1) is 34.9. The van der Waals surface area contributed by atoms with E-state index < -0.39 is 0 Å². The van der Waals surface area contributed by atoms with Gasteiger partial charge in [-0.25, -0.2) is 0 Å². The molecule has 0 radical (unpaired) electrons. The molecule has 2 nitrogen and oxygen atoms in total. The van der Waals surface area contributed by atoms with Gasteiger partial charge in [-0.15, -0.1) is 0 Å². The van der Waals surface area contributed by atoms with Crippen LogP contribution in [0.3, 0.4) is 0 Å². The van der Waals surface area contributed by atoms with Crippen molar-refractivity contribution in [3.05, 3.63) is 205 Å². The Hall–Kier alpha value is -6.90. The summed E-state index contributed by atoms with van der Waals surface area (Å²) in [6, 6.07) is 73.1. The topological polar surface area (TPSA) is 6.48 Å². The number of rotatable bonds is 6. The fourth-order valence-corrected chi connectivity index (χ4v) is 12.3. The van der Waals surface area contributed by atoms with Crippen LogP contribution in [-0.4, -0.2) is 0 Å². The number of hydrogen-bond acceptors (Lipinski definition) is 2. The second-order valence-corrected chi connectivity index (χ2v) is 18.1. The first-order valence-corrected chi connectivity index (χ1v) is 22.4. The molecule has 2 fully saturated rings. The van der Waals surface area contributed by atoms with Gasteiger partial charge in [0, 0.05) is 33.4 Å². The van der Waals surface area contributed by atoms with Gasteiger partial charge in [0.1, 0.15) is 0 Å². The second kappa shape index (κ2) is 13.8. The Morgan fingerprint density at radius 3 is 1.52 bits per heavy atom. The molecule has 14 rings (SSSR count). The van der Waals surface area contributed by atoms with E-state index in [4.69, 9.17) is 0 Å². The Kier molecular flexibility index (Phi) is 7.91. The molecule has 0 amide bonds. The third-order valence-electron chi connectivity index (χ3n) is 14.7. The van der Waals surface area contributed by atoms with Gasteiger partial charge in [-0.1, -0.05) is 140 Å². The molecule has 0 aliphatic heterocycles. The second-order valence-electron chi connectivity index (χ2n) is 18.1. The largest absolute Gasteiger partial charge is 0.310 e. The first-order chi connectivity index (χ1) is 30.2. The maximum Gasteiger partial charge on any atom is 0.0543 e. The van der Waals surface area contributed by atoms with E-state index in [0.29, 0.717) is 11.8 Å². The molecule has 61 heavy (non-hydrogen) atoms. The standard InChI is InChI=1S/C59H46N2/c1-3-14-46(15-4-1)60(47-16-5-2-6-17-47)54-30-25-41-24-29-53-55(31-26-42-23-28-52(54)57(41)58(42)53)61(48-27-22-40-12-7-8-13-43(40)37-48)56-21-11-20-50-45-35-38-32-39(36-45)34-44(33-38)49-18-9-10-19-51(49)59(50)56/h1-31,37-39,44-45H,32-36H2. The summed E-state index contributed by atoms with van der Waals surface area (Å²) in [5, 5.41) is 10.2. The Bertz CT molecular complexity index is 3220. The number of nitrogens with zero attached hydrogens (tertiary/aromatic N) is 2. The summed E-state index contributed by atoms with van der Waals surface area (Å²) in [4.78, 5) is 5.04. The van der Waals surface area contributed by atoms with Crippen molar-refractivity contribution in [3.8, 4) is 11.1 Å². The van der Waals surface area contributed by atoms with Crippen LogP contribution in [-0.2, 0) is 0 Å². The van der Waals surface area contributed by atoms with Gasteiger partial charge in [0.05, 0.1) is 17.1 Å². The SMILES string of the molecule is c1ccc(N(c2ccccc2)c2ccc3ccc4c(N(c5ccc6ccccc6c5)c5cccc6c5-c5ccccc5C5CC7CC(C5)CC6C7)ccc5ccc2c3c54)cc1. The highest BCUT2D eigenvalue weighted by Crippen LogP contribution is 2.58. The summed E-state index contributed by atoms with van der Waals surface area (Å²) in [5.41, 5.74) is 13.1. The van der Waals surface area contributed by atoms with Crippen LogP contribution in [0.25, 0.3) is 54.2 Å². The van der Waals surface area contributed by atoms with Crippen LogP contribution in [0.2, 0.25) is 0 Å². The number of hydrogen-bond donors (Lipinski definition) is 0. The Labute approximate surface area is 357 Å². The highest BCUT2D eigenvalue weighted by molar-refractivity contribution is 6.28. The lowest BCUT2D eigenvalue weighted by atomic mass is 9.63. The summed E-state index contributed by atoms with van der Waals surface area (Å²) < 4.78 is 0. The minimum absolute atomic E-state index is 0.571. The molecule has 0 aromatic heterocycles. The van der Waals surface area contributed by atoms with Crippen molar-refractivity contribution < 1.29 is 0 Å². The third kappa shape index (κ3) is 5.55. The van der Waals surface area contributed by atoms with Crippen LogP contribution < -0.4 is 9.80 Å². The summed E-state index contributed by atoms with van der Waals surface area (Å²) in [7, 11) is 0. The van der Waals surface area contributed by atoms with E-state index in [-0.39, 0.29) is 0 Å². The van der Waals surface area contributed by atoms with Gasteiger partial charge < -0.3 is 9.80 Å². The molecule has 2 atom stereocenters. The molecule has 0 heterocycles. The zero-order chi connectivity index (χ0) is 40.0. The molecule has 4 aliphatic carbocycles. The molecule has 4 bridgehead atoms. The average Bonchev–Trinajstić information content (AvgIpc) is 3.37. The zero-order valence-electron chi connectivity index (χ0n) is 34.2. The number of fused-ring (bicyclic) bond motifs is 1. The Balaban J connectivity index is 1.09. The Morgan fingerprint density at radius 2 is 0.852 bits per heavy atom.